The fourth-order valence-corrected chi connectivity index (χ4v) is 2.20. The van der Waals surface area contributed by atoms with Gasteiger partial charge in [-0.15, -0.1) is 11.3 Å². The Bertz CT molecular complexity index is 410. The van der Waals surface area contributed by atoms with Crippen molar-refractivity contribution in [2.24, 2.45) is 0 Å². The van der Waals surface area contributed by atoms with E-state index in [4.69, 9.17) is 0 Å². The summed E-state index contributed by atoms with van der Waals surface area (Å²) in [5.74, 6) is -0.287. The van der Waals surface area contributed by atoms with Gasteiger partial charge in [0.25, 0.3) is 5.91 Å². The molecule has 0 saturated carbocycles. The normalized spacial score (nSPS) is 10.0. The fourth-order valence-electron chi connectivity index (χ4n) is 1.26. The number of carbonyl (C=O) groups is 2. The van der Waals surface area contributed by atoms with E-state index in [0.29, 0.717) is 4.88 Å². The van der Waals surface area contributed by atoms with Crippen molar-refractivity contribution >= 4 is 23.2 Å². The maximum absolute atomic E-state index is 11.7. The van der Waals surface area contributed by atoms with Gasteiger partial charge in [0.05, 0.1) is 11.4 Å². The molecule has 1 aromatic rings. The lowest BCUT2D eigenvalue weighted by Gasteiger charge is -2.10. The first kappa shape index (κ1) is 12.7. The Morgan fingerprint density at radius 3 is 2.44 bits per heavy atom. The summed E-state index contributed by atoms with van der Waals surface area (Å²) >= 11 is 1.45. The van der Waals surface area contributed by atoms with Crippen molar-refractivity contribution in [1.82, 2.24) is 10.2 Å². The molecule has 2 amide bonds. The Hall–Kier alpha value is -1.36. The Labute approximate surface area is 99.3 Å². The van der Waals surface area contributed by atoms with Crippen LogP contribution in [0.5, 0.6) is 0 Å². The second-order valence-corrected chi connectivity index (χ2v) is 5.10. The maximum Gasteiger partial charge on any atom is 0.262 e. The van der Waals surface area contributed by atoms with Crippen LogP contribution in [-0.2, 0) is 4.79 Å². The summed E-state index contributed by atoms with van der Waals surface area (Å²) in [4.78, 5) is 26.3. The van der Waals surface area contributed by atoms with Gasteiger partial charge in [0.1, 0.15) is 0 Å². The summed E-state index contributed by atoms with van der Waals surface area (Å²) in [5.41, 5.74) is 0.956. The third kappa shape index (κ3) is 3.06. The lowest BCUT2D eigenvalue weighted by atomic mass is 10.2. The number of thiophene rings is 1. The minimum absolute atomic E-state index is 0.0439. The van der Waals surface area contributed by atoms with Crippen LogP contribution in [0.4, 0.5) is 0 Å². The van der Waals surface area contributed by atoms with Crippen molar-refractivity contribution in [1.29, 1.82) is 0 Å². The molecule has 0 aliphatic heterocycles. The molecule has 0 bridgehead atoms. The van der Waals surface area contributed by atoms with E-state index in [1.807, 2.05) is 19.9 Å². The SMILES string of the molecule is Cc1cc(C)c(C(=O)NCC(=O)N(C)C)s1. The highest BCUT2D eigenvalue weighted by atomic mass is 32.1. The topological polar surface area (TPSA) is 49.4 Å². The number of aryl methyl sites for hydroxylation is 2. The predicted molar refractivity (Wildman–Crippen MR) is 64.8 cm³/mol. The average molecular weight is 240 g/mol. The molecule has 5 heteroatoms. The molecule has 0 unspecified atom stereocenters. The Kier molecular flexibility index (Phi) is 4.06. The largest absolute Gasteiger partial charge is 0.347 e. The van der Waals surface area contributed by atoms with E-state index in [2.05, 4.69) is 5.32 Å². The molecule has 0 aliphatic carbocycles. The summed E-state index contributed by atoms with van der Waals surface area (Å²) in [6.45, 7) is 3.90. The first-order valence-corrected chi connectivity index (χ1v) is 5.79. The van der Waals surface area contributed by atoms with Crippen LogP contribution in [0.25, 0.3) is 0 Å². The van der Waals surface area contributed by atoms with Crippen molar-refractivity contribution in [2.45, 2.75) is 13.8 Å². The molecule has 0 spiro atoms. The molecule has 1 aromatic heterocycles. The standard InChI is InChI=1S/C11H16N2O2S/c1-7-5-8(2)16-10(7)11(15)12-6-9(14)13(3)4/h5H,6H2,1-4H3,(H,12,15). The van der Waals surface area contributed by atoms with E-state index in [1.165, 1.54) is 16.2 Å². The van der Waals surface area contributed by atoms with Gasteiger partial charge >= 0.3 is 0 Å². The lowest BCUT2D eigenvalue weighted by molar-refractivity contribution is -0.127. The minimum atomic E-state index is -0.175. The number of hydrogen-bond acceptors (Lipinski definition) is 3. The van der Waals surface area contributed by atoms with Gasteiger partial charge < -0.3 is 10.2 Å². The second kappa shape index (κ2) is 5.12. The molecule has 0 radical (unpaired) electrons. The average Bonchev–Trinajstić information content (AvgIpc) is 2.53. The summed E-state index contributed by atoms with van der Waals surface area (Å²) in [7, 11) is 3.32. The van der Waals surface area contributed by atoms with Gasteiger partial charge in [0.15, 0.2) is 0 Å². The van der Waals surface area contributed by atoms with Gasteiger partial charge in [-0.1, -0.05) is 0 Å². The van der Waals surface area contributed by atoms with Crippen molar-refractivity contribution in [3.8, 4) is 0 Å². The quantitative estimate of drug-likeness (QED) is 0.862. The third-order valence-electron chi connectivity index (χ3n) is 2.15. The van der Waals surface area contributed by atoms with Gasteiger partial charge in [-0.25, -0.2) is 0 Å². The third-order valence-corrected chi connectivity index (χ3v) is 3.30. The van der Waals surface area contributed by atoms with Gasteiger partial charge in [0, 0.05) is 19.0 Å². The summed E-state index contributed by atoms with van der Waals surface area (Å²) in [6, 6.07) is 1.97. The highest BCUT2D eigenvalue weighted by Crippen LogP contribution is 2.20. The van der Waals surface area contributed by atoms with Crippen LogP contribution in [0.2, 0.25) is 0 Å². The zero-order valence-electron chi connectivity index (χ0n) is 9.96. The summed E-state index contributed by atoms with van der Waals surface area (Å²) < 4.78 is 0. The summed E-state index contributed by atoms with van der Waals surface area (Å²) in [6.07, 6.45) is 0. The number of likely N-dealkylation sites (N-methyl/N-ethyl adjacent to an activating group) is 1. The highest BCUT2D eigenvalue weighted by Gasteiger charge is 2.13. The molecule has 1 rings (SSSR count). The van der Waals surface area contributed by atoms with Crippen LogP contribution in [0.3, 0.4) is 0 Å². The number of rotatable bonds is 3. The Balaban J connectivity index is 2.60. The van der Waals surface area contributed by atoms with Crippen LogP contribution >= 0.6 is 11.3 Å². The number of amides is 2. The zero-order chi connectivity index (χ0) is 12.3. The van der Waals surface area contributed by atoms with E-state index in [1.54, 1.807) is 14.1 Å². The number of carbonyl (C=O) groups excluding carboxylic acids is 2. The smallest absolute Gasteiger partial charge is 0.262 e. The molecule has 16 heavy (non-hydrogen) atoms. The Morgan fingerprint density at radius 2 is 2.00 bits per heavy atom. The number of hydrogen-bond donors (Lipinski definition) is 1. The van der Waals surface area contributed by atoms with Gasteiger partial charge in [-0.2, -0.15) is 0 Å². The van der Waals surface area contributed by atoms with E-state index in [-0.39, 0.29) is 18.4 Å². The minimum Gasteiger partial charge on any atom is -0.347 e. The van der Waals surface area contributed by atoms with Gasteiger partial charge in [-0.05, 0) is 25.5 Å². The van der Waals surface area contributed by atoms with Gasteiger partial charge in [-0.3, -0.25) is 9.59 Å². The van der Waals surface area contributed by atoms with Crippen LogP contribution in [0, 0.1) is 13.8 Å². The molecule has 88 valence electrons. The van der Waals surface area contributed by atoms with Gasteiger partial charge in [0.2, 0.25) is 5.91 Å². The summed E-state index contributed by atoms with van der Waals surface area (Å²) in [5, 5.41) is 2.61. The van der Waals surface area contributed by atoms with Crippen molar-refractivity contribution in [3.05, 3.63) is 21.4 Å². The number of nitrogens with zero attached hydrogens (tertiary/aromatic N) is 1. The van der Waals surface area contributed by atoms with Crippen LogP contribution in [0.15, 0.2) is 6.07 Å². The molecular formula is C11H16N2O2S. The fraction of sp³-hybridized carbons (Fsp3) is 0.455. The molecule has 0 aromatic carbocycles. The first-order chi connectivity index (χ1) is 7.41. The highest BCUT2D eigenvalue weighted by molar-refractivity contribution is 7.14. The molecule has 0 fully saturated rings. The van der Waals surface area contributed by atoms with E-state index in [0.717, 1.165) is 10.4 Å². The zero-order valence-corrected chi connectivity index (χ0v) is 10.8. The molecule has 4 nitrogen and oxygen atoms in total. The van der Waals surface area contributed by atoms with Crippen molar-refractivity contribution < 1.29 is 9.59 Å². The maximum atomic E-state index is 11.7. The van der Waals surface area contributed by atoms with Crippen LogP contribution in [-0.4, -0.2) is 37.4 Å². The monoisotopic (exact) mass is 240 g/mol. The predicted octanol–water partition coefficient (Wildman–Crippen LogP) is 1.18. The van der Waals surface area contributed by atoms with Crippen LogP contribution < -0.4 is 5.32 Å². The molecule has 1 N–H and O–H groups in total. The molecule has 0 atom stereocenters. The van der Waals surface area contributed by atoms with Crippen LogP contribution in [0.1, 0.15) is 20.1 Å². The lowest BCUT2D eigenvalue weighted by Crippen LogP contribution is -2.36. The van der Waals surface area contributed by atoms with E-state index < -0.39 is 0 Å². The first-order valence-electron chi connectivity index (χ1n) is 4.97. The second-order valence-electron chi connectivity index (χ2n) is 3.84. The van der Waals surface area contributed by atoms with Crippen molar-refractivity contribution in [2.75, 3.05) is 20.6 Å². The molecule has 0 aliphatic rings. The van der Waals surface area contributed by atoms with E-state index >= 15 is 0 Å². The molecule has 1 heterocycles. The van der Waals surface area contributed by atoms with E-state index in [9.17, 15) is 9.59 Å². The van der Waals surface area contributed by atoms with Crippen molar-refractivity contribution in [3.63, 3.8) is 0 Å². The number of nitrogens with one attached hydrogen (secondary N) is 1. The molecular weight excluding hydrogens is 224 g/mol. The Morgan fingerprint density at radius 1 is 1.38 bits per heavy atom. The molecule has 0 saturated heterocycles.